The lowest BCUT2D eigenvalue weighted by molar-refractivity contribution is -0.136. The van der Waals surface area contributed by atoms with E-state index in [9.17, 15) is 18.0 Å². The van der Waals surface area contributed by atoms with E-state index in [1.54, 1.807) is 0 Å². The van der Waals surface area contributed by atoms with Crippen molar-refractivity contribution < 1.29 is 18.0 Å². The number of pyridine rings is 1. The lowest BCUT2D eigenvalue weighted by Crippen LogP contribution is -2.23. The summed E-state index contributed by atoms with van der Waals surface area (Å²) in [5, 5.41) is 2.51. The molecule has 1 aromatic carbocycles. The van der Waals surface area contributed by atoms with Gasteiger partial charge in [-0.15, -0.1) is 6.58 Å². The average Bonchev–Trinajstić information content (AvgIpc) is 2.43. The highest BCUT2D eigenvalue weighted by Crippen LogP contribution is 2.36. The van der Waals surface area contributed by atoms with Gasteiger partial charge < -0.3 is 5.32 Å². The number of hydrogen-bond acceptors (Lipinski definition) is 2. The number of carbonyl (C=O) groups excluding carboxylic acids is 1. The van der Waals surface area contributed by atoms with Crippen molar-refractivity contribution in [3.63, 3.8) is 0 Å². The van der Waals surface area contributed by atoms with Crippen LogP contribution in [-0.2, 0) is 6.18 Å². The van der Waals surface area contributed by atoms with E-state index in [1.807, 2.05) is 0 Å². The molecule has 2 aromatic rings. The lowest BCUT2D eigenvalue weighted by Gasteiger charge is -2.12. The van der Waals surface area contributed by atoms with Gasteiger partial charge in [0.2, 0.25) is 0 Å². The first-order valence-corrected chi connectivity index (χ1v) is 6.27. The van der Waals surface area contributed by atoms with Crippen LogP contribution in [0.1, 0.15) is 15.9 Å². The maximum Gasteiger partial charge on any atom is 0.418 e. The maximum absolute atomic E-state index is 12.9. The number of amides is 1. The molecular formula is C14H10ClF3N2O. The van der Waals surface area contributed by atoms with E-state index in [4.69, 9.17) is 11.6 Å². The summed E-state index contributed by atoms with van der Waals surface area (Å²) >= 11 is 6.04. The predicted octanol–water partition coefficient (Wildman–Crippen LogP) is 3.82. The molecule has 0 saturated heterocycles. The Hall–Kier alpha value is -2.08. The smallest absolute Gasteiger partial charge is 0.348 e. The van der Waals surface area contributed by atoms with Crippen LogP contribution in [0.5, 0.6) is 0 Å². The average molecular weight is 315 g/mol. The minimum absolute atomic E-state index is 0.0188. The summed E-state index contributed by atoms with van der Waals surface area (Å²) in [6.07, 6.45) is -2.02. The van der Waals surface area contributed by atoms with Crippen LogP contribution in [0.2, 0.25) is 5.02 Å². The Bertz CT molecular complexity index is 713. The Morgan fingerprint density at radius 1 is 1.43 bits per heavy atom. The minimum Gasteiger partial charge on any atom is -0.348 e. The highest BCUT2D eigenvalue weighted by molar-refractivity contribution is 6.38. The molecule has 0 bridgehead atoms. The van der Waals surface area contributed by atoms with E-state index in [2.05, 4.69) is 16.9 Å². The topological polar surface area (TPSA) is 42.0 Å². The first-order valence-electron chi connectivity index (χ1n) is 5.89. The molecule has 3 nitrogen and oxygen atoms in total. The number of rotatable bonds is 3. The molecule has 0 radical (unpaired) electrons. The zero-order valence-corrected chi connectivity index (χ0v) is 11.4. The Balaban J connectivity index is 2.59. The largest absolute Gasteiger partial charge is 0.418 e. The fourth-order valence-electron chi connectivity index (χ4n) is 1.84. The second-order valence-electron chi connectivity index (χ2n) is 4.18. The Morgan fingerprint density at radius 3 is 2.76 bits per heavy atom. The fourth-order valence-corrected chi connectivity index (χ4v) is 2.12. The van der Waals surface area contributed by atoms with Crippen molar-refractivity contribution in [1.29, 1.82) is 0 Å². The van der Waals surface area contributed by atoms with E-state index in [0.717, 1.165) is 12.3 Å². The van der Waals surface area contributed by atoms with Crippen molar-refractivity contribution in [1.82, 2.24) is 10.3 Å². The van der Waals surface area contributed by atoms with Gasteiger partial charge in [0.05, 0.1) is 21.7 Å². The number of carbonyl (C=O) groups is 1. The normalized spacial score (nSPS) is 11.4. The van der Waals surface area contributed by atoms with Gasteiger partial charge >= 0.3 is 6.18 Å². The van der Waals surface area contributed by atoms with E-state index in [-0.39, 0.29) is 28.0 Å². The van der Waals surface area contributed by atoms with Gasteiger partial charge in [0.25, 0.3) is 5.91 Å². The highest BCUT2D eigenvalue weighted by atomic mass is 35.5. The molecule has 21 heavy (non-hydrogen) atoms. The standard InChI is InChI=1S/C14H10ClF3N2O/c1-2-6-19-13(21)9-7-20-12-8(11(9)15)4-3-5-10(12)14(16,17)18/h2-5,7H,1,6H2,(H,19,21). The van der Waals surface area contributed by atoms with Crippen LogP contribution in [-0.4, -0.2) is 17.4 Å². The van der Waals surface area contributed by atoms with Crippen molar-refractivity contribution in [2.24, 2.45) is 0 Å². The zero-order valence-electron chi connectivity index (χ0n) is 10.7. The molecule has 0 fully saturated rings. The minimum atomic E-state index is -4.54. The quantitative estimate of drug-likeness (QED) is 0.875. The third kappa shape index (κ3) is 3.00. The molecule has 0 aliphatic heterocycles. The molecule has 0 aliphatic carbocycles. The molecule has 0 spiro atoms. The second-order valence-corrected chi connectivity index (χ2v) is 4.56. The number of fused-ring (bicyclic) bond motifs is 1. The number of hydrogen-bond donors (Lipinski definition) is 1. The van der Waals surface area contributed by atoms with Crippen molar-refractivity contribution in [2.45, 2.75) is 6.18 Å². The number of para-hydroxylation sites is 1. The highest BCUT2D eigenvalue weighted by Gasteiger charge is 2.33. The molecule has 1 N–H and O–H groups in total. The summed E-state index contributed by atoms with van der Waals surface area (Å²) in [7, 11) is 0. The summed E-state index contributed by atoms with van der Waals surface area (Å²) in [5.74, 6) is -0.522. The van der Waals surface area contributed by atoms with Gasteiger partial charge in [-0.25, -0.2) is 0 Å². The van der Waals surface area contributed by atoms with Crippen LogP contribution >= 0.6 is 11.6 Å². The van der Waals surface area contributed by atoms with Crippen molar-refractivity contribution in [3.05, 3.63) is 53.2 Å². The van der Waals surface area contributed by atoms with Gasteiger partial charge in [0.1, 0.15) is 0 Å². The van der Waals surface area contributed by atoms with Crippen LogP contribution < -0.4 is 5.32 Å². The van der Waals surface area contributed by atoms with E-state index < -0.39 is 17.6 Å². The maximum atomic E-state index is 12.9. The predicted molar refractivity (Wildman–Crippen MR) is 74.3 cm³/mol. The van der Waals surface area contributed by atoms with Crippen LogP contribution in [0, 0.1) is 0 Å². The lowest BCUT2D eigenvalue weighted by atomic mass is 10.1. The number of benzene rings is 1. The molecule has 110 valence electrons. The molecule has 0 saturated carbocycles. The second kappa shape index (κ2) is 5.73. The molecule has 1 amide bonds. The van der Waals surface area contributed by atoms with Crippen molar-refractivity contribution in [2.75, 3.05) is 6.54 Å². The third-order valence-electron chi connectivity index (χ3n) is 2.79. The molecule has 1 heterocycles. The van der Waals surface area contributed by atoms with E-state index >= 15 is 0 Å². The van der Waals surface area contributed by atoms with Gasteiger partial charge in [-0.3, -0.25) is 9.78 Å². The summed E-state index contributed by atoms with van der Waals surface area (Å²) in [5.41, 5.74) is -1.15. The first kappa shape index (κ1) is 15.3. The molecule has 0 aliphatic rings. The van der Waals surface area contributed by atoms with Crippen LogP contribution in [0.25, 0.3) is 10.9 Å². The van der Waals surface area contributed by atoms with Crippen LogP contribution in [0.15, 0.2) is 37.1 Å². The van der Waals surface area contributed by atoms with E-state index in [0.29, 0.717) is 0 Å². The SMILES string of the molecule is C=CCNC(=O)c1cnc2c(C(F)(F)F)cccc2c1Cl. The van der Waals surface area contributed by atoms with Gasteiger partial charge in [-0.1, -0.05) is 29.8 Å². The van der Waals surface area contributed by atoms with Crippen molar-refractivity contribution in [3.8, 4) is 0 Å². The summed E-state index contributed by atoms with van der Waals surface area (Å²) < 4.78 is 38.7. The third-order valence-corrected chi connectivity index (χ3v) is 3.20. The summed E-state index contributed by atoms with van der Waals surface area (Å²) in [4.78, 5) is 15.6. The fraction of sp³-hybridized carbons (Fsp3) is 0.143. The number of halogens is 4. The molecule has 7 heteroatoms. The Labute approximate surface area is 123 Å². The molecule has 1 aromatic heterocycles. The van der Waals surface area contributed by atoms with Gasteiger partial charge in [0, 0.05) is 18.1 Å². The summed E-state index contributed by atoms with van der Waals surface area (Å²) in [6, 6.07) is 3.54. The Morgan fingerprint density at radius 2 is 2.14 bits per heavy atom. The van der Waals surface area contributed by atoms with Crippen LogP contribution in [0.3, 0.4) is 0 Å². The van der Waals surface area contributed by atoms with Gasteiger partial charge in [-0.05, 0) is 6.07 Å². The first-order chi connectivity index (χ1) is 9.86. The number of nitrogens with one attached hydrogen (secondary N) is 1. The number of alkyl halides is 3. The molecular weight excluding hydrogens is 305 g/mol. The summed E-state index contributed by atoms with van der Waals surface area (Å²) in [6.45, 7) is 3.67. The number of aromatic nitrogens is 1. The van der Waals surface area contributed by atoms with Gasteiger partial charge in [-0.2, -0.15) is 13.2 Å². The molecule has 0 unspecified atom stereocenters. The Kier molecular flexibility index (Phi) is 4.18. The monoisotopic (exact) mass is 314 g/mol. The van der Waals surface area contributed by atoms with Gasteiger partial charge in [0.15, 0.2) is 0 Å². The van der Waals surface area contributed by atoms with E-state index in [1.165, 1.54) is 18.2 Å². The molecule has 2 rings (SSSR count). The molecule has 0 atom stereocenters. The number of nitrogens with zero attached hydrogens (tertiary/aromatic N) is 1. The van der Waals surface area contributed by atoms with Crippen molar-refractivity contribution >= 4 is 28.4 Å². The van der Waals surface area contributed by atoms with Crippen LogP contribution in [0.4, 0.5) is 13.2 Å². The zero-order chi connectivity index (χ0) is 15.6.